The third-order valence-electron chi connectivity index (χ3n) is 11.2. The van der Waals surface area contributed by atoms with Crippen molar-refractivity contribution in [2.75, 3.05) is 12.3 Å². The van der Waals surface area contributed by atoms with Gasteiger partial charge in [-0.15, -0.1) is 11.3 Å². The molecule has 1 aromatic carbocycles. The third-order valence-corrected chi connectivity index (χ3v) is 12.2. The Morgan fingerprint density at radius 2 is 2.00 bits per heavy atom. The Morgan fingerprint density at radius 1 is 1.21 bits per heavy atom. The van der Waals surface area contributed by atoms with Crippen LogP contribution in [0.1, 0.15) is 55.4 Å². The number of Topliss-reactive ketones (excluding diaryl/α,β-unsaturated/α-hetero) is 1. The lowest BCUT2D eigenvalue weighted by molar-refractivity contribution is -0.235. The molecule has 0 bridgehead atoms. The number of carbonyl (C=O) groups is 2. The minimum atomic E-state index is -2.28. The topological polar surface area (TPSA) is 119 Å². The van der Waals surface area contributed by atoms with Gasteiger partial charge in [-0.1, -0.05) is 25.1 Å². The molecule has 4 aliphatic carbocycles. The molecule has 2 heterocycles. The summed E-state index contributed by atoms with van der Waals surface area (Å²) in [6.45, 7) is 2.50. The largest absolute Gasteiger partial charge is 0.399 e. The molecule has 3 saturated carbocycles. The number of anilines is 1. The maximum Gasteiger partial charge on any atom is 0.193 e. The van der Waals surface area contributed by atoms with Gasteiger partial charge in [0.25, 0.3) is 0 Å². The number of hydrogen-bond acceptors (Lipinski definition) is 8. The molecule has 10 atom stereocenters. The van der Waals surface area contributed by atoms with Crippen LogP contribution in [0.4, 0.5) is 14.5 Å². The fourth-order valence-corrected chi connectivity index (χ4v) is 10.2. The average molecular weight is 612 g/mol. The van der Waals surface area contributed by atoms with E-state index in [0.29, 0.717) is 12.1 Å². The number of carbonyl (C=O) groups excluding carboxylic acids is 2. The molecule has 43 heavy (non-hydrogen) atoms. The molecule has 0 radical (unpaired) electrons. The molecule has 1 saturated heterocycles. The SMILES string of the molecule is C[C@]12C=CC(=O)C=C1[C@@H](F)C[C@H]1[C@@H]3C[C@H]4O[C@@H](c5csc(Cc6cccc(N)c6)c5)O[C@@]4(C(=O)CO)[C@@]3(C)C[C@H](O)[C@@]12F. The number of halogens is 2. The maximum absolute atomic E-state index is 17.5. The molecule has 7 nitrogen and oxygen atoms in total. The highest BCUT2D eigenvalue weighted by Gasteiger charge is 2.80. The predicted octanol–water partition coefficient (Wildman–Crippen LogP) is 4.56. The zero-order valence-electron chi connectivity index (χ0n) is 24.0. The highest BCUT2D eigenvalue weighted by Crippen LogP contribution is 2.72. The molecule has 4 N–H and O–H groups in total. The number of ketones is 2. The van der Waals surface area contributed by atoms with E-state index in [-0.39, 0.29) is 24.8 Å². The van der Waals surface area contributed by atoms with E-state index in [0.717, 1.165) is 22.1 Å². The van der Waals surface area contributed by atoms with Crippen molar-refractivity contribution in [1.82, 2.24) is 0 Å². The second-order valence-electron chi connectivity index (χ2n) is 13.3. The van der Waals surface area contributed by atoms with Gasteiger partial charge < -0.3 is 25.4 Å². The van der Waals surface area contributed by atoms with E-state index in [4.69, 9.17) is 15.2 Å². The summed E-state index contributed by atoms with van der Waals surface area (Å²) in [6, 6.07) is 9.58. The Bertz CT molecular complexity index is 1570. The van der Waals surface area contributed by atoms with Gasteiger partial charge in [-0.3, -0.25) is 9.59 Å². The van der Waals surface area contributed by atoms with Gasteiger partial charge in [0.15, 0.2) is 29.1 Å². The first-order valence-electron chi connectivity index (χ1n) is 14.7. The summed E-state index contributed by atoms with van der Waals surface area (Å²) in [6.07, 6.45) is -0.683. The molecule has 228 valence electrons. The minimum absolute atomic E-state index is 0.0414. The molecule has 0 spiro atoms. The highest BCUT2D eigenvalue weighted by atomic mass is 32.1. The fraction of sp³-hybridized carbons (Fsp3) is 0.515. The minimum Gasteiger partial charge on any atom is -0.399 e. The zero-order valence-corrected chi connectivity index (χ0v) is 24.8. The number of aliphatic hydroxyl groups excluding tert-OH is 2. The first kappa shape index (κ1) is 29.0. The average Bonchev–Trinajstić information content (AvgIpc) is 3.64. The fourth-order valence-electron chi connectivity index (χ4n) is 9.23. The van der Waals surface area contributed by atoms with Gasteiger partial charge in [0.1, 0.15) is 12.8 Å². The quantitative estimate of drug-likeness (QED) is 0.424. The van der Waals surface area contributed by atoms with Gasteiger partial charge in [0.05, 0.1) is 12.2 Å². The summed E-state index contributed by atoms with van der Waals surface area (Å²) in [4.78, 5) is 26.8. The van der Waals surface area contributed by atoms with E-state index in [1.807, 2.05) is 35.7 Å². The van der Waals surface area contributed by atoms with Crippen molar-refractivity contribution in [2.24, 2.45) is 22.7 Å². The Balaban J connectivity index is 1.23. The van der Waals surface area contributed by atoms with Crippen LogP contribution < -0.4 is 5.73 Å². The van der Waals surface area contributed by atoms with Crippen molar-refractivity contribution < 1.29 is 38.1 Å². The number of rotatable bonds is 5. The van der Waals surface area contributed by atoms with E-state index >= 15 is 8.78 Å². The molecule has 7 rings (SSSR count). The van der Waals surface area contributed by atoms with Crippen LogP contribution in [0.2, 0.25) is 0 Å². The molecule has 0 unspecified atom stereocenters. The number of nitrogens with two attached hydrogens (primary N) is 1. The molecule has 1 aliphatic heterocycles. The highest BCUT2D eigenvalue weighted by molar-refractivity contribution is 7.10. The molecule has 10 heteroatoms. The van der Waals surface area contributed by atoms with Crippen LogP contribution in [-0.2, 0) is 25.5 Å². The Kier molecular flexibility index (Phi) is 6.48. The zero-order chi connectivity index (χ0) is 30.5. The maximum atomic E-state index is 17.5. The summed E-state index contributed by atoms with van der Waals surface area (Å²) in [5, 5.41) is 23.7. The van der Waals surface area contributed by atoms with Crippen molar-refractivity contribution in [3.63, 3.8) is 0 Å². The smallest absolute Gasteiger partial charge is 0.193 e. The number of allylic oxidation sites excluding steroid dienone is 4. The second kappa shape index (κ2) is 9.62. The Hall–Kier alpha value is -2.76. The summed E-state index contributed by atoms with van der Waals surface area (Å²) in [5.74, 6) is -2.58. The van der Waals surface area contributed by atoms with Crippen LogP contribution >= 0.6 is 11.3 Å². The molecular formula is C33H35F2NO6S. The number of fused-ring (bicyclic) bond motifs is 7. The summed E-state index contributed by atoms with van der Waals surface area (Å²) in [5.41, 5.74) is 1.80. The first-order chi connectivity index (χ1) is 20.4. The summed E-state index contributed by atoms with van der Waals surface area (Å²) in [7, 11) is 0. The summed E-state index contributed by atoms with van der Waals surface area (Å²) >= 11 is 1.52. The molecule has 0 amide bonds. The van der Waals surface area contributed by atoms with Crippen LogP contribution in [0.25, 0.3) is 0 Å². The van der Waals surface area contributed by atoms with E-state index in [1.54, 1.807) is 6.92 Å². The number of thiophene rings is 1. The first-order valence-corrected chi connectivity index (χ1v) is 15.6. The third kappa shape index (κ3) is 3.76. The number of nitrogen functional groups attached to an aromatic ring is 1. The van der Waals surface area contributed by atoms with Crippen LogP contribution in [-0.4, -0.2) is 58.0 Å². The predicted molar refractivity (Wildman–Crippen MR) is 156 cm³/mol. The van der Waals surface area contributed by atoms with Crippen molar-refractivity contribution >= 4 is 28.6 Å². The Labute approximate surface area is 252 Å². The van der Waals surface area contributed by atoms with E-state index in [2.05, 4.69) is 0 Å². The van der Waals surface area contributed by atoms with Crippen LogP contribution in [0.5, 0.6) is 0 Å². The van der Waals surface area contributed by atoms with Gasteiger partial charge in [-0.2, -0.15) is 0 Å². The van der Waals surface area contributed by atoms with Gasteiger partial charge in [0.2, 0.25) is 0 Å². The van der Waals surface area contributed by atoms with E-state index in [9.17, 15) is 19.8 Å². The van der Waals surface area contributed by atoms with Crippen molar-refractivity contribution in [3.05, 3.63) is 75.5 Å². The lowest BCUT2D eigenvalue weighted by Crippen LogP contribution is -2.70. The van der Waals surface area contributed by atoms with Crippen LogP contribution in [0.3, 0.4) is 0 Å². The number of alkyl halides is 2. The van der Waals surface area contributed by atoms with E-state index < -0.39 is 76.8 Å². The van der Waals surface area contributed by atoms with Crippen molar-refractivity contribution in [2.45, 2.75) is 75.5 Å². The lowest BCUT2D eigenvalue weighted by atomic mass is 9.44. The molecule has 4 fully saturated rings. The van der Waals surface area contributed by atoms with Gasteiger partial charge in [0, 0.05) is 39.3 Å². The molecule has 1 aromatic heterocycles. The monoisotopic (exact) mass is 611 g/mol. The van der Waals surface area contributed by atoms with E-state index in [1.165, 1.54) is 30.4 Å². The normalized spacial score (nSPS) is 43.0. The van der Waals surface area contributed by atoms with Gasteiger partial charge in [-0.05, 0) is 79.0 Å². The number of hydrogen-bond donors (Lipinski definition) is 3. The number of benzene rings is 1. The standard InChI is InChI=1S/C33H35F2NO6S/c1-30-7-6-20(38)11-24(30)25(34)12-23-22-13-28-33(27(40)15-37,31(22,2)14-26(39)32(23,30)35)42-29(41-28)18-10-21(43-16-18)9-17-4-3-5-19(36)8-17/h3-8,10-11,16,22-23,25-26,28-29,37,39H,9,12-15,36H2,1-2H3/t22-,23-,25-,26-,28+,29+,30-,31-,32-,33+/m0/s1. The number of ether oxygens (including phenoxy) is 2. The van der Waals surface area contributed by atoms with Crippen LogP contribution in [0, 0.1) is 22.7 Å². The number of aliphatic hydroxyl groups is 2. The van der Waals surface area contributed by atoms with Gasteiger partial charge >= 0.3 is 0 Å². The molecule has 5 aliphatic rings. The van der Waals surface area contributed by atoms with Crippen molar-refractivity contribution in [1.29, 1.82) is 0 Å². The van der Waals surface area contributed by atoms with Crippen molar-refractivity contribution in [3.8, 4) is 0 Å². The Morgan fingerprint density at radius 3 is 2.74 bits per heavy atom. The lowest BCUT2D eigenvalue weighted by Gasteiger charge is -2.63. The second-order valence-corrected chi connectivity index (χ2v) is 14.3. The van der Waals surface area contributed by atoms with Crippen LogP contribution in [0.15, 0.2) is 59.5 Å². The molecular weight excluding hydrogens is 576 g/mol. The summed E-state index contributed by atoms with van der Waals surface area (Å²) < 4.78 is 46.3. The molecule has 2 aromatic rings. The van der Waals surface area contributed by atoms with Gasteiger partial charge in [-0.25, -0.2) is 8.78 Å².